The van der Waals surface area contributed by atoms with Crippen molar-refractivity contribution in [2.75, 3.05) is 10.6 Å². The van der Waals surface area contributed by atoms with Crippen LogP contribution in [0.25, 0.3) is 22.2 Å². The first kappa shape index (κ1) is 17.8. The largest absolute Gasteiger partial charge is 0.465 e. The lowest BCUT2D eigenvalue weighted by Crippen LogP contribution is -2.07. The number of nitrogens with zero attached hydrogens (tertiary/aromatic N) is 1. The number of rotatable bonds is 4. The highest BCUT2D eigenvalue weighted by Crippen LogP contribution is 2.40. The molecule has 140 valence electrons. The van der Waals surface area contributed by atoms with Crippen LogP contribution in [0.3, 0.4) is 0 Å². The molecule has 0 saturated carbocycles. The second-order valence-electron chi connectivity index (χ2n) is 5.89. The van der Waals surface area contributed by atoms with Crippen molar-refractivity contribution >= 4 is 45.9 Å². The highest BCUT2D eigenvalue weighted by Gasteiger charge is 2.20. The molecule has 0 radical (unpaired) electrons. The van der Waals surface area contributed by atoms with Crippen molar-refractivity contribution in [1.29, 1.82) is 0 Å². The predicted octanol–water partition coefficient (Wildman–Crippen LogP) is 6.12. The van der Waals surface area contributed by atoms with E-state index in [-0.39, 0.29) is 10.9 Å². The Morgan fingerprint density at radius 1 is 1.14 bits per heavy atom. The molecule has 4 aromatic rings. The third-order valence-electron chi connectivity index (χ3n) is 4.06. The number of furan rings is 1. The summed E-state index contributed by atoms with van der Waals surface area (Å²) >= 11 is 5.84. The topological polar surface area (TPSA) is 87.4 Å². The van der Waals surface area contributed by atoms with Crippen LogP contribution in [0.15, 0.2) is 65.2 Å². The molecule has 0 aliphatic carbocycles. The maximum atomic E-state index is 13.4. The lowest BCUT2D eigenvalue weighted by molar-refractivity contribution is 0.209. The Labute approximate surface area is 163 Å². The Kier molecular flexibility index (Phi) is 4.58. The summed E-state index contributed by atoms with van der Waals surface area (Å²) in [5.41, 5.74) is 2.64. The van der Waals surface area contributed by atoms with Gasteiger partial charge < -0.3 is 14.8 Å². The molecule has 2 aromatic heterocycles. The van der Waals surface area contributed by atoms with E-state index in [1.165, 1.54) is 18.2 Å². The molecule has 0 saturated heterocycles. The number of benzene rings is 2. The highest BCUT2D eigenvalue weighted by atomic mass is 35.5. The number of pyridine rings is 1. The number of halogens is 2. The summed E-state index contributed by atoms with van der Waals surface area (Å²) in [7, 11) is 0. The fourth-order valence-corrected chi connectivity index (χ4v) is 3.03. The van der Waals surface area contributed by atoms with Gasteiger partial charge in [0.25, 0.3) is 0 Å². The summed E-state index contributed by atoms with van der Waals surface area (Å²) in [6, 6.07) is 15.2. The van der Waals surface area contributed by atoms with E-state index in [1.807, 2.05) is 30.3 Å². The minimum absolute atomic E-state index is 0.00636. The van der Waals surface area contributed by atoms with Crippen LogP contribution in [0.1, 0.15) is 0 Å². The fourth-order valence-electron chi connectivity index (χ4n) is 2.85. The summed E-state index contributed by atoms with van der Waals surface area (Å²) < 4.78 is 19.2. The zero-order valence-electron chi connectivity index (χ0n) is 14.2. The Morgan fingerprint density at radius 2 is 1.93 bits per heavy atom. The minimum atomic E-state index is -1.28. The Balaban J connectivity index is 1.88. The van der Waals surface area contributed by atoms with Crippen molar-refractivity contribution in [2.24, 2.45) is 0 Å². The molecule has 0 atom stereocenters. The molecule has 2 aromatic carbocycles. The monoisotopic (exact) mass is 397 g/mol. The molecular formula is C20H13ClFN3O3. The van der Waals surface area contributed by atoms with Crippen LogP contribution in [-0.2, 0) is 0 Å². The third-order valence-corrected chi connectivity index (χ3v) is 4.35. The summed E-state index contributed by atoms with van der Waals surface area (Å²) in [6.45, 7) is 0. The standard InChI is InChI=1S/C20H13ClFN3O3/c21-14-10-12(6-7-15(14)22)24-17-13-8-9-23-16(11-4-2-1-3-5-11)18(13)28-19(17)25-20(26)27/h1-10,24-25H,(H,26,27). The van der Waals surface area contributed by atoms with Crippen molar-refractivity contribution in [1.82, 2.24) is 4.98 Å². The SMILES string of the molecule is O=C(O)Nc1oc2c(-c3ccccc3)nccc2c1Nc1ccc(F)c(Cl)c1. The molecule has 0 aliphatic heterocycles. The van der Waals surface area contributed by atoms with E-state index in [0.717, 1.165) is 5.56 Å². The van der Waals surface area contributed by atoms with Crippen LogP contribution in [0.5, 0.6) is 0 Å². The number of hydrogen-bond acceptors (Lipinski definition) is 4. The molecule has 3 N–H and O–H groups in total. The Morgan fingerprint density at radius 3 is 2.64 bits per heavy atom. The van der Waals surface area contributed by atoms with Gasteiger partial charge in [-0.1, -0.05) is 41.9 Å². The van der Waals surface area contributed by atoms with E-state index in [4.69, 9.17) is 21.1 Å². The van der Waals surface area contributed by atoms with E-state index in [2.05, 4.69) is 15.6 Å². The number of anilines is 3. The molecule has 2 heterocycles. The van der Waals surface area contributed by atoms with E-state index >= 15 is 0 Å². The highest BCUT2D eigenvalue weighted by molar-refractivity contribution is 6.31. The summed E-state index contributed by atoms with van der Waals surface area (Å²) in [5, 5.41) is 15.0. The number of aromatic nitrogens is 1. The normalized spacial score (nSPS) is 10.8. The molecule has 0 unspecified atom stereocenters. The number of fused-ring (bicyclic) bond motifs is 1. The summed E-state index contributed by atoms with van der Waals surface area (Å²) in [6.07, 6.45) is 0.321. The molecular weight excluding hydrogens is 385 g/mol. The van der Waals surface area contributed by atoms with Crippen molar-refractivity contribution in [3.8, 4) is 11.3 Å². The Hall–Kier alpha value is -3.58. The first-order valence-corrected chi connectivity index (χ1v) is 8.59. The lowest BCUT2D eigenvalue weighted by Gasteiger charge is -2.08. The van der Waals surface area contributed by atoms with Gasteiger partial charge in [-0.05, 0) is 24.3 Å². The number of hydrogen-bond donors (Lipinski definition) is 3. The van der Waals surface area contributed by atoms with Crippen molar-refractivity contribution < 1.29 is 18.7 Å². The van der Waals surface area contributed by atoms with Gasteiger partial charge in [0.2, 0.25) is 5.88 Å². The molecule has 28 heavy (non-hydrogen) atoms. The maximum absolute atomic E-state index is 13.4. The quantitative estimate of drug-likeness (QED) is 0.386. The maximum Gasteiger partial charge on any atom is 0.411 e. The molecule has 0 fully saturated rings. The van der Waals surface area contributed by atoms with Crippen LogP contribution in [0, 0.1) is 5.82 Å². The third kappa shape index (κ3) is 3.35. The minimum Gasteiger partial charge on any atom is -0.465 e. The van der Waals surface area contributed by atoms with Gasteiger partial charge in [0, 0.05) is 17.4 Å². The van der Waals surface area contributed by atoms with Gasteiger partial charge in [-0.2, -0.15) is 0 Å². The van der Waals surface area contributed by atoms with E-state index in [0.29, 0.717) is 28.0 Å². The van der Waals surface area contributed by atoms with Gasteiger partial charge in [-0.3, -0.25) is 10.3 Å². The zero-order chi connectivity index (χ0) is 19.7. The van der Waals surface area contributed by atoms with Gasteiger partial charge in [0.1, 0.15) is 17.2 Å². The molecule has 1 amide bonds. The molecule has 0 bridgehead atoms. The number of carbonyl (C=O) groups is 1. The second kappa shape index (κ2) is 7.21. The van der Waals surface area contributed by atoms with Crippen LogP contribution < -0.4 is 10.6 Å². The molecule has 0 spiro atoms. The van der Waals surface area contributed by atoms with Gasteiger partial charge in [0.05, 0.1) is 10.4 Å². The van der Waals surface area contributed by atoms with Gasteiger partial charge in [0.15, 0.2) is 5.58 Å². The van der Waals surface area contributed by atoms with Gasteiger partial charge in [-0.25, -0.2) is 9.18 Å². The van der Waals surface area contributed by atoms with Crippen LogP contribution >= 0.6 is 11.6 Å². The first-order chi connectivity index (χ1) is 13.5. The van der Waals surface area contributed by atoms with Crippen molar-refractivity contribution in [2.45, 2.75) is 0 Å². The number of carboxylic acid groups (broad SMARTS) is 1. The van der Waals surface area contributed by atoms with Gasteiger partial charge in [-0.15, -0.1) is 0 Å². The van der Waals surface area contributed by atoms with Crippen LogP contribution in [0.2, 0.25) is 5.02 Å². The molecule has 8 heteroatoms. The zero-order valence-corrected chi connectivity index (χ0v) is 15.0. The van der Waals surface area contributed by atoms with Gasteiger partial charge >= 0.3 is 6.09 Å². The fraction of sp³-hybridized carbons (Fsp3) is 0. The second-order valence-corrected chi connectivity index (χ2v) is 6.30. The predicted molar refractivity (Wildman–Crippen MR) is 106 cm³/mol. The van der Waals surface area contributed by atoms with E-state index in [1.54, 1.807) is 12.3 Å². The van der Waals surface area contributed by atoms with Crippen LogP contribution in [-0.4, -0.2) is 16.2 Å². The van der Waals surface area contributed by atoms with E-state index in [9.17, 15) is 9.18 Å². The number of amides is 1. The first-order valence-electron chi connectivity index (χ1n) is 8.22. The molecule has 0 aliphatic rings. The van der Waals surface area contributed by atoms with Crippen LogP contribution in [0.4, 0.5) is 26.4 Å². The lowest BCUT2D eigenvalue weighted by atomic mass is 10.1. The van der Waals surface area contributed by atoms with Crippen molar-refractivity contribution in [3.63, 3.8) is 0 Å². The summed E-state index contributed by atoms with van der Waals surface area (Å²) in [5.74, 6) is -0.558. The molecule has 6 nitrogen and oxygen atoms in total. The summed E-state index contributed by atoms with van der Waals surface area (Å²) in [4.78, 5) is 15.6. The van der Waals surface area contributed by atoms with Crippen molar-refractivity contribution in [3.05, 3.63) is 71.6 Å². The van der Waals surface area contributed by atoms with E-state index < -0.39 is 11.9 Å². The average molecular weight is 398 g/mol. The Bertz CT molecular complexity index is 1180. The average Bonchev–Trinajstić information content (AvgIpc) is 3.02. The number of nitrogens with one attached hydrogen (secondary N) is 2. The molecule has 4 rings (SSSR count). The smallest absolute Gasteiger partial charge is 0.411 e.